The van der Waals surface area contributed by atoms with E-state index in [1.54, 1.807) is 25.3 Å². The Bertz CT molecular complexity index is 527. The zero-order valence-electron chi connectivity index (χ0n) is 9.81. The molecule has 0 aliphatic rings. The Labute approximate surface area is 100 Å². The van der Waals surface area contributed by atoms with Crippen molar-refractivity contribution < 1.29 is 9.47 Å². The average molecular weight is 230 g/mol. The van der Waals surface area contributed by atoms with Gasteiger partial charge in [-0.2, -0.15) is 4.98 Å². The van der Waals surface area contributed by atoms with Gasteiger partial charge < -0.3 is 15.2 Å². The molecular weight excluding hydrogens is 216 g/mol. The molecule has 0 saturated carbocycles. The van der Waals surface area contributed by atoms with Crippen LogP contribution < -0.4 is 15.2 Å². The number of hydrogen-bond donors (Lipinski definition) is 1. The molecule has 4 heteroatoms. The molecule has 0 radical (unpaired) electrons. The van der Waals surface area contributed by atoms with E-state index in [0.717, 1.165) is 11.3 Å². The van der Waals surface area contributed by atoms with Gasteiger partial charge in [-0.25, -0.2) is 0 Å². The van der Waals surface area contributed by atoms with Crippen LogP contribution in [-0.4, -0.2) is 12.1 Å². The number of nitrogens with two attached hydrogens (primary N) is 1. The van der Waals surface area contributed by atoms with E-state index in [1.165, 1.54) is 0 Å². The molecule has 0 aliphatic carbocycles. The van der Waals surface area contributed by atoms with Crippen molar-refractivity contribution in [3.8, 4) is 17.5 Å². The molecular formula is C13H14N2O2. The first-order valence-electron chi connectivity index (χ1n) is 5.24. The Kier molecular flexibility index (Phi) is 3.14. The Morgan fingerprint density at radius 1 is 1.12 bits per heavy atom. The van der Waals surface area contributed by atoms with E-state index in [-0.39, 0.29) is 0 Å². The van der Waals surface area contributed by atoms with Crippen molar-refractivity contribution in [2.24, 2.45) is 0 Å². The number of anilines is 1. The van der Waals surface area contributed by atoms with E-state index in [4.69, 9.17) is 15.2 Å². The second-order valence-corrected chi connectivity index (χ2v) is 3.65. The maximum atomic E-state index is 5.68. The standard InChI is InChI=1S/C13H14N2O2/c1-9-8-10(14)6-7-11(9)17-13-5-3-4-12(15-13)16-2/h3-8H,14H2,1-2H3. The summed E-state index contributed by atoms with van der Waals surface area (Å²) in [4.78, 5) is 4.17. The van der Waals surface area contributed by atoms with Crippen molar-refractivity contribution in [2.45, 2.75) is 6.92 Å². The maximum Gasteiger partial charge on any atom is 0.222 e. The van der Waals surface area contributed by atoms with Crippen LogP contribution in [0.3, 0.4) is 0 Å². The molecule has 1 aromatic heterocycles. The van der Waals surface area contributed by atoms with Crippen molar-refractivity contribution in [1.29, 1.82) is 0 Å². The van der Waals surface area contributed by atoms with Crippen LogP contribution in [-0.2, 0) is 0 Å². The van der Waals surface area contributed by atoms with Crippen molar-refractivity contribution in [1.82, 2.24) is 4.98 Å². The fraction of sp³-hybridized carbons (Fsp3) is 0.154. The summed E-state index contributed by atoms with van der Waals surface area (Å²) in [5, 5.41) is 0. The maximum absolute atomic E-state index is 5.68. The first-order valence-corrected chi connectivity index (χ1v) is 5.24. The summed E-state index contributed by atoms with van der Waals surface area (Å²) in [6.07, 6.45) is 0. The summed E-state index contributed by atoms with van der Waals surface area (Å²) in [5.74, 6) is 1.76. The van der Waals surface area contributed by atoms with Crippen LogP contribution in [0, 0.1) is 6.92 Å². The van der Waals surface area contributed by atoms with Gasteiger partial charge in [-0.3, -0.25) is 0 Å². The van der Waals surface area contributed by atoms with Crippen molar-refractivity contribution >= 4 is 5.69 Å². The molecule has 0 saturated heterocycles. The highest BCUT2D eigenvalue weighted by Crippen LogP contribution is 2.26. The van der Waals surface area contributed by atoms with Gasteiger partial charge >= 0.3 is 0 Å². The molecule has 1 heterocycles. The second kappa shape index (κ2) is 4.74. The summed E-state index contributed by atoms with van der Waals surface area (Å²) in [6, 6.07) is 10.8. The lowest BCUT2D eigenvalue weighted by molar-refractivity contribution is 0.383. The third-order valence-corrected chi connectivity index (χ3v) is 2.32. The lowest BCUT2D eigenvalue weighted by Crippen LogP contribution is -1.94. The molecule has 0 atom stereocenters. The average Bonchev–Trinajstić information content (AvgIpc) is 2.33. The van der Waals surface area contributed by atoms with E-state index in [1.807, 2.05) is 25.1 Å². The molecule has 0 amide bonds. The molecule has 0 unspecified atom stereocenters. The lowest BCUT2D eigenvalue weighted by atomic mass is 10.2. The van der Waals surface area contributed by atoms with E-state index >= 15 is 0 Å². The predicted octanol–water partition coefficient (Wildman–Crippen LogP) is 2.77. The second-order valence-electron chi connectivity index (χ2n) is 3.65. The van der Waals surface area contributed by atoms with Crippen molar-refractivity contribution in [2.75, 3.05) is 12.8 Å². The number of hydrogen-bond acceptors (Lipinski definition) is 4. The van der Waals surface area contributed by atoms with Gasteiger partial charge in [-0.15, -0.1) is 0 Å². The molecule has 17 heavy (non-hydrogen) atoms. The first kappa shape index (κ1) is 11.3. The molecule has 88 valence electrons. The number of methoxy groups -OCH3 is 1. The molecule has 2 rings (SSSR count). The molecule has 0 aliphatic heterocycles. The third kappa shape index (κ3) is 2.66. The normalized spacial score (nSPS) is 10.0. The van der Waals surface area contributed by atoms with Gasteiger partial charge in [0.05, 0.1) is 7.11 Å². The van der Waals surface area contributed by atoms with E-state index in [9.17, 15) is 0 Å². The van der Waals surface area contributed by atoms with Gasteiger partial charge in [0, 0.05) is 17.8 Å². The molecule has 2 aromatic rings. The molecule has 0 bridgehead atoms. The number of pyridine rings is 1. The number of nitrogens with zero attached hydrogens (tertiary/aromatic N) is 1. The van der Waals surface area contributed by atoms with Gasteiger partial charge in [0.25, 0.3) is 0 Å². The molecule has 0 spiro atoms. The van der Waals surface area contributed by atoms with Crippen molar-refractivity contribution in [3.63, 3.8) is 0 Å². The van der Waals surface area contributed by atoms with Crippen LogP contribution in [0.25, 0.3) is 0 Å². The number of nitrogen functional groups attached to an aromatic ring is 1. The largest absolute Gasteiger partial charge is 0.481 e. The number of aromatic nitrogens is 1. The number of ether oxygens (including phenoxy) is 2. The fourth-order valence-corrected chi connectivity index (χ4v) is 1.47. The van der Waals surface area contributed by atoms with Crippen LogP contribution in [0.2, 0.25) is 0 Å². The summed E-state index contributed by atoms with van der Waals surface area (Å²) < 4.78 is 10.7. The van der Waals surface area contributed by atoms with Crippen molar-refractivity contribution in [3.05, 3.63) is 42.0 Å². The van der Waals surface area contributed by atoms with E-state index < -0.39 is 0 Å². The zero-order chi connectivity index (χ0) is 12.3. The third-order valence-electron chi connectivity index (χ3n) is 2.32. The number of rotatable bonds is 3. The van der Waals surface area contributed by atoms with Gasteiger partial charge in [0.15, 0.2) is 0 Å². The van der Waals surface area contributed by atoms with Gasteiger partial charge in [-0.05, 0) is 30.7 Å². The lowest BCUT2D eigenvalue weighted by Gasteiger charge is -2.09. The Balaban J connectivity index is 2.25. The Hall–Kier alpha value is -2.23. The summed E-state index contributed by atoms with van der Waals surface area (Å²) >= 11 is 0. The zero-order valence-corrected chi connectivity index (χ0v) is 9.81. The summed E-state index contributed by atoms with van der Waals surface area (Å²) in [5.41, 5.74) is 7.36. The summed E-state index contributed by atoms with van der Waals surface area (Å²) in [7, 11) is 1.57. The fourth-order valence-electron chi connectivity index (χ4n) is 1.47. The van der Waals surface area contributed by atoms with Crippen LogP contribution >= 0.6 is 0 Å². The number of benzene rings is 1. The monoisotopic (exact) mass is 230 g/mol. The van der Waals surface area contributed by atoms with Crippen LogP contribution in [0.4, 0.5) is 5.69 Å². The Morgan fingerprint density at radius 3 is 2.59 bits per heavy atom. The Morgan fingerprint density at radius 2 is 1.88 bits per heavy atom. The SMILES string of the molecule is COc1cccc(Oc2ccc(N)cc2C)n1. The van der Waals surface area contributed by atoms with Gasteiger partial charge in [0.2, 0.25) is 11.8 Å². The van der Waals surface area contributed by atoms with Gasteiger partial charge in [-0.1, -0.05) is 6.07 Å². The highest BCUT2D eigenvalue weighted by Gasteiger charge is 2.03. The number of aryl methyl sites for hydroxylation is 1. The van der Waals surface area contributed by atoms with Crippen LogP contribution in [0.1, 0.15) is 5.56 Å². The quantitative estimate of drug-likeness (QED) is 0.824. The minimum Gasteiger partial charge on any atom is -0.481 e. The summed E-state index contributed by atoms with van der Waals surface area (Å²) in [6.45, 7) is 1.94. The first-order chi connectivity index (χ1) is 8.19. The van der Waals surface area contributed by atoms with E-state index in [0.29, 0.717) is 17.4 Å². The molecule has 1 aromatic carbocycles. The van der Waals surface area contributed by atoms with Crippen LogP contribution in [0.15, 0.2) is 36.4 Å². The van der Waals surface area contributed by atoms with E-state index in [2.05, 4.69) is 4.98 Å². The predicted molar refractivity (Wildman–Crippen MR) is 66.5 cm³/mol. The topological polar surface area (TPSA) is 57.4 Å². The van der Waals surface area contributed by atoms with Crippen LogP contribution in [0.5, 0.6) is 17.5 Å². The minimum absolute atomic E-state index is 0.497. The minimum atomic E-state index is 0.497. The highest BCUT2D eigenvalue weighted by atomic mass is 16.5. The smallest absolute Gasteiger partial charge is 0.222 e. The van der Waals surface area contributed by atoms with Gasteiger partial charge in [0.1, 0.15) is 5.75 Å². The highest BCUT2D eigenvalue weighted by molar-refractivity contribution is 5.48. The molecule has 0 fully saturated rings. The molecule has 4 nitrogen and oxygen atoms in total. The molecule has 2 N–H and O–H groups in total.